The minimum atomic E-state index is -0.756. The molecule has 2 aliphatic rings. The third-order valence-corrected chi connectivity index (χ3v) is 6.89. The Balaban J connectivity index is 2.70. The van der Waals surface area contributed by atoms with Gasteiger partial charge in [-0.25, -0.2) is 9.59 Å². The molecule has 1 fully saturated rings. The van der Waals surface area contributed by atoms with E-state index in [1.54, 1.807) is 0 Å². The van der Waals surface area contributed by atoms with Gasteiger partial charge in [0.1, 0.15) is 5.78 Å². The summed E-state index contributed by atoms with van der Waals surface area (Å²) in [5, 5.41) is 0. The van der Waals surface area contributed by atoms with Crippen LogP contribution in [-0.4, -0.2) is 42.4 Å². The van der Waals surface area contributed by atoms with Gasteiger partial charge in [-0.05, 0) is 0 Å². The summed E-state index contributed by atoms with van der Waals surface area (Å²) in [5.74, 6) is -0.674. The molecule has 0 saturated heterocycles. The number of thioether (sulfide) groups is 1. The lowest BCUT2D eigenvalue weighted by molar-refractivity contribution is -0.159. The van der Waals surface area contributed by atoms with E-state index in [2.05, 4.69) is 0 Å². The van der Waals surface area contributed by atoms with Gasteiger partial charge in [-0.2, -0.15) is 0 Å². The first-order valence-corrected chi connectivity index (χ1v) is 7.67. The Labute approximate surface area is 128 Å². The fourth-order valence-electron chi connectivity index (χ4n) is 4.00. The smallest absolute Gasteiger partial charge is 0.335 e. The van der Waals surface area contributed by atoms with Crippen LogP contribution in [0.5, 0.6) is 0 Å². The summed E-state index contributed by atoms with van der Waals surface area (Å²) in [6.07, 6.45) is 0. The number of hydrogen-bond donors (Lipinski definition) is 0. The fraction of sp³-hybridized carbons (Fsp3) is 0.667. The second-order valence-corrected chi connectivity index (χ2v) is 7.58. The molecule has 0 aromatic heterocycles. The van der Waals surface area contributed by atoms with Crippen molar-refractivity contribution in [2.75, 3.05) is 20.0 Å². The normalized spacial score (nSPS) is 24.8. The maximum atomic E-state index is 12.5. The summed E-state index contributed by atoms with van der Waals surface area (Å²) < 4.78 is 8.91. The standard InChI is InChI=1S/C15H20O5S/c1-13(2)12(18)14(3,4)15(13)9(11(17)20-6)8(7-21-15)10(16)19-5/h7H2,1-6H3. The highest BCUT2D eigenvalue weighted by atomic mass is 32.2. The first kappa shape index (κ1) is 16.1. The number of ether oxygens (including phenoxy) is 2. The van der Waals surface area contributed by atoms with E-state index >= 15 is 0 Å². The van der Waals surface area contributed by atoms with Crippen LogP contribution < -0.4 is 0 Å². The molecule has 5 nitrogen and oxygen atoms in total. The van der Waals surface area contributed by atoms with Gasteiger partial charge in [0, 0.05) is 16.6 Å². The maximum absolute atomic E-state index is 12.5. The van der Waals surface area contributed by atoms with Gasteiger partial charge >= 0.3 is 11.9 Å². The van der Waals surface area contributed by atoms with Gasteiger partial charge in [0.25, 0.3) is 0 Å². The van der Waals surface area contributed by atoms with Crippen LogP contribution in [-0.2, 0) is 23.9 Å². The first-order chi connectivity index (χ1) is 9.59. The highest BCUT2D eigenvalue weighted by Gasteiger charge is 2.77. The summed E-state index contributed by atoms with van der Waals surface area (Å²) >= 11 is 1.46. The van der Waals surface area contributed by atoms with Crippen molar-refractivity contribution >= 4 is 29.5 Å². The molecular formula is C15H20O5S. The molecule has 1 saturated carbocycles. The number of esters is 2. The van der Waals surface area contributed by atoms with Crippen LogP contribution in [0.1, 0.15) is 27.7 Å². The molecule has 21 heavy (non-hydrogen) atoms. The van der Waals surface area contributed by atoms with Gasteiger partial charge in [0.05, 0.1) is 30.1 Å². The van der Waals surface area contributed by atoms with Crippen molar-refractivity contribution < 1.29 is 23.9 Å². The number of carbonyl (C=O) groups excluding carboxylic acids is 3. The largest absolute Gasteiger partial charge is 0.466 e. The highest BCUT2D eigenvalue weighted by Crippen LogP contribution is 2.71. The van der Waals surface area contributed by atoms with Gasteiger partial charge in [0.2, 0.25) is 0 Å². The van der Waals surface area contributed by atoms with Crippen molar-refractivity contribution in [1.82, 2.24) is 0 Å². The Morgan fingerprint density at radius 3 is 1.90 bits per heavy atom. The summed E-state index contributed by atoms with van der Waals surface area (Å²) in [5.41, 5.74) is -0.875. The van der Waals surface area contributed by atoms with Crippen molar-refractivity contribution in [3.63, 3.8) is 0 Å². The molecular weight excluding hydrogens is 292 g/mol. The van der Waals surface area contributed by atoms with Gasteiger partial charge in [-0.3, -0.25) is 4.79 Å². The molecule has 6 heteroatoms. The van der Waals surface area contributed by atoms with Crippen LogP contribution in [0.2, 0.25) is 0 Å². The van der Waals surface area contributed by atoms with Crippen LogP contribution in [0.25, 0.3) is 0 Å². The van der Waals surface area contributed by atoms with E-state index < -0.39 is 27.5 Å². The van der Waals surface area contributed by atoms with Gasteiger partial charge < -0.3 is 9.47 Å². The van der Waals surface area contributed by atoms with E-state index in [0.717, 1.165) is 0 Å². The predicted molar refractivity (Wildman–Crippen MR) is 78.8 cm³/mol. The quantitative estimate of drug-likeness (QED) is 0.724. The molecule has 1 aliphatic heterocycles. The molecule has 1 heterocycles. The van der Waals surface area contributed by atoms with E-state index in [-0.39, 0.29) is 11.4 Å². The van der Waals surface area contributed by atoms with Gasteiger partial charge in [-0.1, -0.05) is 27.7 Å². The second-order valence-electron chi connectivity index (χ2n) is 6.39. The zero-order valence-electron chi connectivity index (χ0n) is 13.2. The van der Waals surface area contributed by atoms with E-state index in [0.29, 0.717) is 11.3 Å². The summed E-state index contributed by atoms with van der Waals surface area (Å²) in [6.45, 7) is 7.26. The molecule has 0 unspecified atom stereocenters. The van der Waals surface area contributed by atoms with Crippen LogP contribution >= 0.6 is 11.8 Å². The number of methoxy groups -OCH3 is 2. The Hall–Kier alpha value is -1.30. The lowest BCUT2D eigenvalue weighted by atomic mass is 9.44. The van der Waals surface area contributed by atoms with E-state index in [1.807, 2.05) is 27.7 Å². The van der Waals surface area contributed by atoms with Crippen LogP contribution in [0.4, 0.5) is 0 Å². The van der Waals surface area contributed by atoms with Crippen LogP contribution in [0, 0.1) is 10.8 Å². The number of hydrogen-bond acceptors (Lipinski definition) is 6. The molecule has 0 radical (unpaired) electrons. The molecule has 116 valence electrons. The summed E-state index contributed by atoms with van der Waals surface area (Å²) in [7, 11) is 2.56. The minimum Gasteiger partial charge on any atom is -0.466 e. The van der Waals surface area contributed by atoms with Crippen molar-refractivity contribution in [2.45, 2.75) is 32.4 Å². The zero-order chi connectivity index (χ0) is 16.2. The number of carbonyl (C=O) groups is 3. The number of Topliss-reactive ketones (excluding diaryl/α,β-unsaturated/α-hetero) is 1. The maximum Gasteiger partial charge on any atom is 0.335 e. The zero-order valence-corrected chi connectivity index (χ0v) is 14.0. The number of ketones is 1. The monoisotopic (exact) mass is 312 g/mol. The molecule has 1 aliphatic carbocycles. The SMILES string of the molecule is COC(=O)C1=C(C(=O)OC)C2(SC1)C(C)(C)C(=O)C2(C)C. The summed E-state index contributed by atoms with van der Waals surface area (Å²) in [6, 6.07) is 0. The molecule has 2 rings (SSSR count). The third-order valence-electron chi connectivity index (χ3n) is 4.80. The molecule has 0 aromatic rings. The van der Waals surface area contributed by atoms with Crippen LogP contribution in [0.3, 0.4) is 0 Å². The highest BCUT2D eigenvalue weighted by molar-refractivity contribution is 8.01. The molecule has 0 aromatic carbocycles. The van der Waals surface area contributed by atoms with Crippen LogP contribution in [0.15, 0.2) is 11.1 Å². The van der Waals surface area contributed by atoms with Gasteiger partial charge in [0.15, 0.2) is 0 Å². The average Bonchev–Trinajstić information content (AvgIpc) is 2.87. The fourth-order valence-corrected chi connectivity index (χ4v) is 5.88. The minimum absolute atomic E-state index is 0.0787. The molecule has 0 atom stereocenters. The second kappa shape index (κ2) is 4.60. The van der Waals surface area contributed by atoms with E-state index in [1.165, 1.54) is 26.0 Å². The number of rotatable bonds is 2. The Morgan fingerprint density at radius 2 is 1.48 bits per heavy atom. The summed E-state index contributed by atoms with van der Waals surface area (Å²) in [4.78, 5) is 36.8. The van der Waals surface area contributed by atoms with Crippen molar-refractivity contribution in [2.24, 2.45) is 10.8 Å². The van der Waals surface area contributed by atoms with Gasteiger partial charge in [-0.15, -0.1) is 11.8 Å². The van der Waals surface area contributed by atoms with Crippen molar-refractivity contribution in [3.05, 3.63) is 11.1 Å². The average molecular weight is 312 g/mol. The van der Waals surface area contributed by atoms with Crippen molar-refractivity contribution in [3.8, 4) is 0 Å². The topological polar surface area (TPSA) is 69.7 Å². The molecule has 0 N–H and O–H groups in total. The Kier molecular flexibility index (Phi) is 3.52. The molecule has 0 amide bonds. The van der Waals surface area contributed by atoms with E-state index in [4.69, 9.17) is 9.47 Å². The Morgan fingerprint density at radius 1 is 1.00 bits per heavy atom. The van der Waals surface area contributed by atoms with Crippen molar-refractivity contribution in [1.29, 1.82) is 0 Å². The molecule has 0 bridgehead atoms. The predicted octanol–water partition coefficient (Wildman–Crippen LogP) is 1.75. The molecule has 1 spiro atoms. The lowest BCUT2D eigenvalue weighted by Crippen LogP contribution is -2.73. The first-order valence-electron chi connectivity index (χ1n) is 6.68. The lowest BCUT2D eigenvalue weighted by Gasteiger charge is -2.63. The van der Waals surface area contributed by atoms with E-state index in [9.17, 15) is 14.4 Å². The Bertz CT molecular complexity index is 553. The third kappa shape index (κ3) is 1.62.